The van der Waals surface area contributed by atoms with Gasteiger partial charge in [0.05, 0.1) is 13.7 Å². The van der Waals surface area contributed by atoms with Crippen LogP contribution >= 0.6 is 0 Å². The molecule has 0 aliphatic carbocycles. The minimum atomic E-state index is 0.605. The van der Waals surface area contributed by atoms with Crippen LogP contribution in [-0.2, 0) is 24.4 Å². The quantitative estimate of drug-likeness (QED) is 0.606. The zero-order valence-corrected chi connectivity index (χ0v) is 14.5. The molecule has 0 aromatic heterocycles. The van der Waals surface area contributed by atoms with Crippen molar-refractivity contribution in [3.8, 4) is 5.75 Å². The molecule has 0 saturated carbocycles. The number of ether oxygens (including phenoxy) is 2. The maximum absolute atomic E-state index is 5.24. The Morgan fingerprint density at radius 3 is 2.42 bits per heavy atom. The first-order valence-electron chi connectivity index (χ1n) is 7.90. The van der Waals surface area contributed by atoms with Gasteiger partial charge in [-0.15, -0.1) is 0 Å². The summed E-state index contributed by atoms with van der Waals surface area (Å²) in [5.41, 5.74) is 3.51. The summed E-state index contributed by atoms with van der Waals surface area (Å²) in [6.07, 6.45) is 0. The lowest BCUT2D eigenvalue weighted by molar-refractivity contribution is 0.184. The van der Waals surface area contributed by atoms with Crippen LogP contribution in [0.1, 0.15) is 16.7 Å². The van der Waals surface area contributed by atoms with E-state index in [4.69, 9.17) is 9.47 Å². The fourth-order valence-corrected chi connectivity index (χ4v) is 2.39. The molecule has 5 nitrogen and oxygen atoms in total. The molecule has 24 heavy (non-hydrogen) atoms. The molecule has 0 amide bonds. The Labute approximate surface area is 143 Å². The molecule has 0 aliphatic heterocycles. The van der Waals surface area contributed by atoms with E-state index in [-0.39, 0.29) is 0 Å². The summed E-state index contributed by atoms with van der Waals surface area (Å²) >= 11 is 0. The van der Waals surface area contributed by atoms with Gasteiger partial charge in [-0.05, 0) is 28.8 Å². The number of benzene rings is 2. The molecule has 2 aromatic carbocycles. The topological polar surface area (TPSA) is 54.9 Å². The van der Waals surface area contributed by atoms with Gasteiger partial charge in [0.1, 0.15) is 5.75 Å². The van der Waals surface area contributed by atoms with Gasteiger partial charge in [0, 0.05) is 27.2 Å². The number of guanidine groups is 1. The van der Waals surface area contributed by atoms with E-state index in [0.717, 1.165) is 17.3 Å². The lowest BCUT2D eigenvalue weighted by Gasteiger charge is -2.14. The van der Waals surface area contributed by atoms with E-state index in [1.54, 1.807) is 21.3 Å². The lowest BCUT2D eigenvalue weighted by Crippen LogP contribution is -2.36. The Hall–Kier alpha value is -2.53. The summed E-state index contributed by atoms with van der Waals surface area (Å²) in [6, 6.07) is 16.2. The molecule has 0 bridgehead atoms. The Balaban J connectivity index is 1.91. The van der Waals surface area contributed by atoms with Crippen LogP contribution in [0.5, 0.6) is 5.75 Å². The highest BCUT2D eigenvalue weighted by Crippen LogP contribution is 2.12. The highest BCUT2D eigenvalue weighted by Gasteiger charge is 2.04. The molecule has 128 valence electrons. The normalized spacial score (nSPS) is 11.2. The Bertz CT molecular complexity index is 671. The number of nitrogens with zero attached hydrogens (tertiary/aromatic N) is 1. The maximum Gasteiger partial charge on any atom is 0.191 e. The fourth-order valence-electron chi connectivity index (χ4n) is 2.39. The van der Waals surface area contributed by atoms with E-state index in [1.165, 1.54) is 11.1 Å². The zero-order valence-electron chi connectivity index (χ0n) is 14.5. The minimum absolute atomic E-state index is 0.605. The van der Waals surface area contributed by atoms with Gasteiger partial charge in [-0.25, -0.2) is 0 Å². The number of hydrogen-bond donors (Lipinski definition) is 2. The van der Waals surface area contributed by atoms with Crippen LogP contribution in [0, 0.1) is 0 Å². The second-order valence-electron chi connectivity index (χ2n) is 5.33. The van der Waals surface area contributed by atoms with Crippen molar-refractivity contribution in [1.82, 2.24) is 10.6 Å². The van der Waals surface area contributed by atoms with E-state index < -0.39 is 0 Å². The Kier molecular flexibility index (Phi) is 7.11. The van der Waals surface area contributed by atoms with Gasteiger partial charge in [0.2, 0.25) is 0 Å². The molecule has 0 saturated heterocycles. The number of hydrogen-bond acceptors (Lipinski definition) is 3. The third-order valence-electron chi connectivity index (χ3n) is 3.68. The molecule has 0 fully saturated rings. The largest absolute Gasteiger partial charge is 0.497 e. The lowest BCUT2D eigenvalue weighted by atomic mass is 10.1. The summed E-state index contributed by atoms with van der Waals surface area (Å²) < 4.78 is 10.5. The molecule has 0 spiro atoms. The summed E-state index contributed by atoms with van der Waals surface area (Å²) in [6.45, 7) is 1.97. The molecule has 0 unspecified atom stereocenters. The van der Waals surface area contributed by atoms with E-state index in [9.17, 15) is 0 Å². The monoisotopic (exact) mass is 327 g/mol. The van der Waals surface area contributed by atoms with Crippen molar-refractivity contribution >= 4 is 5.96 Å². The molecule has 5 heteroatoms. The van der Waals surface area contributed by atoms with Gasteiger partial charge < -0.3 is 20.1 Å². The molecule has 2 N–H and O–H groups in total. The van der Waals surface area contributed by atoms with Gasteiger partial charge >= 0.3 is 0 Å². The molecule has 2 rings (SSSR count). The van der Waals surface area contributed by atoms with E-state index in [0.29, 0.717) is 19.7 Å². The number of nitrogens with one attached hydrogen (secondary N) is 2. The first-order chi connectivity index (χ1) is 11.8. The second kappa shape index (κ2) is 9.57. The van der Waals surface area contributed by atoms with E-state index in [2.05, 4.69) is 33.8 Å². The highest BCUT2D eigenvalue weighted by atomic mass is 16.5. The van der Waals surface area contributed by atoms with Crippen molar-refractivity contribution in [1.29, 1.82) is 0 Å². The molecule has 2 aromatic rings. The minimum Gasteiger partial charge on any atom is -0.497 e. The van der Waals surface area contributed by atoms with Crippen molar-refractivity contribution < 1.29 is 9.47 Å². The smallest absolute Gasteiger partial charge is 0.191 e. The van der Waals surface area contributed by atoms with Crippen molar-refractivity contribution in [3.63, 3.8) is 0 Å². The molecule has 0 atom stereocenters. The summed E-state index contributed by atoms with van der Waals surface area (Å²) in [5.74, 6) is 1.61. The SMILES string of the molecule is CN=C(NCc1cccc(OC)c1)NCc1ccccc1COC. The van der Waals surface area contributed by atoms with Gasteiger partial charge in [-0.2, -0.15) is 0 Å². The van der Waals surface area contributed by atoms with Crippen molar-refractivity contribution in [3.05, 3.63) is 65.2 Å². The average molecular weight is 327 g/mol. The Morgan fingerprint density at radius 2 is 1.71 bits per heavy atom. The third kappa shape index (κ3) is 5.28. The first kappa shape index (κ1) is 17.8. The average Bonchev–Trinajstić information content (AvgIpc) is 2.63. The van der Waals surface area contributed by atoms with Crippen LogP contribution in [0.3, 0.4) is 0 Å². The third-order valence-corrected chi connectivity index (χ3v) is 3.68. The van der Waals surface area contributed by atoms with Crippen molar-refractivity contribution in [2.45, 2.75) is 19.7 Å². The van der Waals surface area contributed by atoms with Crippen LogP contribution in [0.25, 0.3) is 0 Å². The number of rotatable bonds is 7. The first-order valence-corrected chi connectivity index (χ1v) is 7.90. The van der Waals surface area contributed by atoms with Gasteiger partial charge in [0.25, 0.3) is 0 Å². The van der Waals surface area contributed by atoms with Crippen LogP contribution in [-0.4, -0.2) is 27.2 Å². The summed E-state index contributed by atoms with van der Waals surface area (Å²) in [4.78, 5) is 4.27. The van der Waals surface area contributed by atoms with E-state index >= 15 is 0 Å². The molecule has 0 heterocycles. The fraction of sp³-hybridized carbons (Fsp3) is 0.316. The molecule has 0 aliphatic rings. The zero-order chi connectivity index (χ0) is 17.2. The summed E-state index contributed by atoms with van der Waals surface area (Å²) in [7, 11) is 5.14. The predicted octanol–water partition coefficient (Wildman–Crippen LogP) is 2.71. The molecular weight excluding hydrogens is 302 g/mol. The van der Waals surface area contributed by atoms with Gasteiger partial charge in [-0.3, -0.25) is 4.99 Å². The predicted molar refractivity (Wildman–Crippen MR) is 97.2 cm³/mol. The second-order valence-corrected chi connectivity index (χ2v) is 5.33. The van der Waals surface area contributed by atoms with Crippen LogP contribution < -0.4 is 15.4 Å². The van der Waals surface area contributed by atoms with Crippen LogP contribution in [0.2, 0.25) is 0 Å². The van der Waals surface area contributed by atoms with Gasteiger partial charge in [0.15, 0.2) is 5.96 Å². The maximum atomic E-state index is 5.24. The number of aliphatic imine (C=N–C) groups is 1. The number of methoxy groups -OCH3 is 2. The standard InChI is InChI=1S/C19H25N3O2/c1-20-19(21-12-15-7-6-10-18(11-15)24-3)22-13-16-8-4-5-9-17(16)14-23-2/h4-11H,12-14H2,1-3H3,(H2,20,21,22). The molecular formula is C19H25N3O2. The van der Waals surface area contributed by atoms with Crippen molar-refractivity contribution in [2.75, 3.05) is 21.3 Å². The van der Waals surface area contributed by atoms with Crippen LogP contribution in [0.15, 0.2) is 53.5 Å². The van der Waals surface area contributed by atoms with Crippen LogP contribution in [0.4, 0.5) is 0 Å². The van der Waals surface area contributed by atoms with E-state index in [1.807, 2.05) is 30.3 Å². The summed E-state index contributed by atoms with van der Waals surface area (Å²) in [5, 5.41) is 6.65. The Morgan fingerprint density at radius 1 is 0.958 bits per heavy atom. The van der Waals surface area contributed by atoms with Crippen molar-refractivity contribution in [2.24, 2.45) is 4.99 Å². The van der Waals surface area contributed by atoms with Gasteiger partial charge in [-0.1, -0.05) is 36.4 Å². The highest BCUT2D eigenvalue weighted by molar-refractivity contribution is 5.79. The molecule has 0 radical (unpaired) electrons.